The zero-order valence-electron chi connectivity index (χ0n) is 7.20. The summed E-state index contributed by atoms with van der Waals surface area (Å²) in [5.41, 5.74) is 8.35. The minimum absolute atomic E-state index is 0.240. The average Bonchev–Trinajstić information content (AvgIpc) is 1.84. The van der Waals surface area contributed by atoms with Crippen molar-refractivity contribution in [2.24, 2.45) is 17.4 Å². The van der Waals surface area contributed by atoms with E-state index in [1.165, 1.54) is 6.92 Å². The molecule has 2 amide bonds. The van der Waals surface area contributed by atoms with Crippen LogP contribution < -0.4 is 11.5 Å². The lowest BCUT2D eigenvalue weighted by Crippen LogP contribution is -2.49. The first kappa shape index (κ1) is 10.9. The Bertz CT molecular complexity index is 187. The average molecular weight is 174 g/mol. The molecule has 0 saturated carbocycles. The SMILES string of the molecule is CCC(C)(O)C(C(N)=O)C(N)=O. The fraction of sp³-hybridized carbons (Fsp3) is 0.714. The van der Waals surface area contributed by atoms with E-state index < -0.39 is 23.3 Å². The first-order valence-corrected chi connectivity index (χ1v) is 3.64. The van der Waals surface area contributed by atoms with Gasteiger partial charge in [-0.05, 0) is 13.3 Å². The summed E-state index contributed by atoms with van der Waals surface area (Å²) in [5.74, 6) is -3.11. The molecule has 0 aliphatic rings. The largest absolute Gasteiger partial charge is 0.389 e. The summed E-state index contributed by atoms with van der Waals surface area (Å²) in [5, 5.41) is 9.52. The van der Waals surface area contributed by atoms with E-state index in [4.69, 9.17) is 11.5 Å². The van der Waals surface area contributed by atoms with Crippen molar-refractivity contribution in [3.05, 3.63) is 0 Å². The van der Waals surface area contributed by atoms with E-state index in [1.54, 1.807) is 6.92 Å². The Labute approximate surface area is 70.7 Å². The molecule has 0 aliphatic carbocycles. The molecule has 0 fully saturated rings. The molecule has 1 unspecified atom stereocenters. The molecule has 1 atom stereocenters. The third-order valence-electron chi connectivity index (χ3n) is 1.91. The summed E-state index contributed by atoms with van der Waals surface area (Å²) in [7, 11) is 0. The minimum atomic E-state index is -1.45. The summed E-state index contributed by atoms with van der Waals surface area (Å²) >= 11 is 0. The van der Waals surface area contributed by atoms with Crippen LogP contribution in [0.3, 0.4) is 0 Å². The second kappa shape index (κ2) is 3.53. The molecule has 0 spiro atoms. The van der Waals surface area contributed by atoms with Crippen LogP contribution in [0, 0.1) is 5.92 Å². The molecule has 0 aliphatic heterocycles. The molecule has 0 aromatic carbocycles. The second-order valence-electron chi connectivity index (χ2n) is 2.95. The van der Waals surface area contributed by atoms with Crippen LogP contribution in [0.25, 0.3) is 0 Å². The first-order valence-electron chi connectivity index (χ1n) is 3.64. The highest BCUT2D eigenvalue weighted by atomic mass is 16.3. The van der Waals surface area contributed by atoms with Gasteiger partial charge in [-0.2, -0.15) is 0 Å². The molecule has 0 heterocycles. The monoisotopic (exact) mass is 174 g/mol. The molecule has 0 rings (SSSR count). The first-order chi connectivity index (χ1) is 5.33. The van der Waals surface area contributed by atoms with E-state index in [0.717, 1.165) is 0 Å². The predicted molar refractivity (Wildman–Crippen MR) is 42.8 cm³/mol. The Morgan fingerprint density at radius 3 is 1.83 bits per heavy atom. The molecule has 5 heteroatoms. The van der Waals surface area contributed by atoms with Crippen LogP contribution in [0.4, 0.5) is 0 Å². The number of carbonyl (C=O) groups excluding carboxylic acids is 2. The van der Waals surface area contributed by atoms with Crippen molar-refractivity contribution in [2.75, 3.05) is 0 Å². The number of hydrogen-bond donors (Lipinski definition) is 3. The third-order valence-corrected chi connectivity index (χ3v) is 1.91. The smallest absolute Gasteiger partial charge is 0.232 e. The standard InChI is InChI=1S/C7H14N2O3/c1-3-7(2,12)4(5(8)10)6(9)11/h4,12H,3H2,1-2H3,(H2,8,10)(H2,9,11). The van der Waals surface area contributed by atoms with Gasteiger partial charge in [-0.15, -0.1) is 0 Å². The van der Waals surface area contributed by atoms with Crippen LogP contribution in [0.2, 0.25) is 0 Å². The van der Waals surface area contributed by atoms with Crippen LogP contribution in [-0.4, -0.2) is 22.5 Å². The van der Waals surface area contributed by atoms with E-state index in [1.807, 2.05) is 0 Å². The van der Waals surface area contributed by atoms with Crippen LogP contribution >= 0.6 is 0 Å². The van der Waals surface area contributed by atoms with Gasteiger partial charge < -0.3 is 16.6 Å². The van der Waals surface area contributed by atoms with Crippen LogP contribution in [0.1, 0.15) is 20.3 Å². The molecule has 0 bridgehead atoms. The lowest BCUT2D eigenvalue weighted by Gasteiger charge is -2.26. The number of amides is 2. The topological polar surface area (TPSA) is 106 Å². The predicted octanol–water partition coefficient (Wildman–Crippen LogP) is -1.27. The number of nitrogens with two attached hydrogens (primary N) is 2. The summed E-state index contributed by atoms with van der Waals surface area (Å²) in [6.45, 7) is 2.99. The Balaban J connectivity index is 4.74. The Kier molecular flexibility index (Phi) is 3.21. The normalized spacial score (nSPS) is 15.7. The van der Waals surface area contributed by atoms with Gasteiger partial charge >= 0.3 is 0 Å². The number of carbonyl (C=O) groups is 2. The highest BCUT2D eigenvalue weighted by molar-refractivity contribution is 6.00. The summed E-state index contributed by atoms with van der Waals surface area (Å²) in [6, 6.07) is 0. The number of rotatable bonds is 4. The van der Waals surface area contributed by atoms with Gasteiger partial charge in [-0.25, -0.2) is 0 Å². The minimum Gasteiger partial charge on any atom is -0.389 e. The van der Waals surface area contributed by atoms with Gasteiger partial charge in [0.25, 0.3) is 0 Å². The molecule has 0 aromatic rings. The number of aliphatic hydroxyl groups is 1. The lowest BCUT2D eigenvalue weighted by atomic mass is 9.86. The Morgan fingerprint density at radius 1 is 1.42 bits per heavy atom. The highest BCUT2D eigenvalue weighted by Crippen LogP contribution is 2.20. The maximum atomic E-state index is 10.7. The number of hydrogen-bond acceptors (Lipinski definition) is 3. The van der Waals surface area contributed by atoms with Gasteiger partial charge in [0.2, 0.25) is 11.8 Å². The molecular formula is C7H14N2O3. The van der Waals surface area contributed by atoms with Gasteiger partial charge in [0, 0.05) is 0 Å². The lowest BCUT2D eigenvalue weighted by molar-refractivity contribution is -0.142. The summed E-state index contributed by atoms with van der Waals surface area (Å²) < 4.78 is 0. The van der Waals surface area contributed by atoms with Gasteiger partial charge in [0.1, 0.15) is 5.92 Å². The quantitative estimate of drug-likeness (QED) is 0.463. The molecule has 5 nitrogen and oxygen atoms in total. The fourth-order valence-corrected chi connectivity index (χ4v) is 0.957. The third kappa shape index (κ3) is 2.20. The Hall–Kier alpha value is -1.10. The Morgan fingerprint density at radius 2 is 1.75 bits per heavy atom. The van der Waals surface area contributed by atoms with Crippen LogP contribution in [0.15, 0.2) is 0 Å². The van der Waals surface area contributed by atoms with Crippen molar-refractivity contribution in [3.8, 4) is 0 Å². The highest BCUT2D eigenvalue weighted by Gasteiger charge is 2.38. The van der Waals surface area contributed by atoms with Crippen molar-refractivity contribution >= 4 is 11.8 Å². The summed E-state index contributed by atoms with van der Waals surface area (Å²) in [6.07, 6.45) is 0.240. The molecule has 0 aromatic heterocycles. The molecule has 0 saturated heterocycles. The van der Waals surface area contributed by atoms with E-state index in [2.05, 4.69) is 0 Å². The molecule has 5 N–H and O–H groups in total. The van der Waals surface area contributed by atoms with E-state index >= 15 is 0 Å². The van der Waals surface area contributed by atoms with Crippen LogP contribution in [-0.2, 0) is 9.59 Å². The zero-order valence-corrected chi connectivity index (χ0v) is 7.20. The van der Waals surface area contributed by atoms with Gasteiger partial charge in [0.05, 0.1) is 5.60 Å². The van der Waals surface area contributed by atoms with Crippen molar-refractivity contribution < 1.29 is 14.7 Å². The maximum absolute atomic E-state index is 10.7. The fourth-order valence-electron chi connectivity index (χ4n) is 0.957. The van der Waals surface area contributed by atoms with E-state index in [0.29, 0.717) is 0 Å². The van der Waals surface area contributed by atoms with Gasteiger partial charge in [-0.1, -0.05) is 6.92 Å². The van der Waals surface area contributed by atoms with Gasteiger partial charge in [0.15, 0.2) is 0 Å². The van der Waals surface area contributed by atoms with Crippen molar-refractivity contribution in [3.63, 3.8) is 0 Å². The molecule has 70 valence electrons. The van der Waals surface area contributed by atoms with Crippen molar-refractivity contribution in [2.45, 2.75) is 25.9 Å². The van der Waals surface area contributed by atoms with Gasteiger partial charge in [-0.3, -0.25) is 9.59 Å². The van der Waals surface area contributed by atoms with Crippen molar-refractivity contribution in [1.29, 1.82) is 0 Å². The molecule has 0 radical (unpaired) electrons. The van der Waals surface area contributed by atoms with Crippen LogP contribution in [0.5, 0.6) is 0 Å². The summed E-state index contributed by atoms with van der Waals surface area (Å²) in [4.78, 5) is 21.4. The maximum Gasteiger partial charge on any atom is 0.232 e. The molecule has 12 heavy (non-hydrogen) atoms. The van der Waals surface area contributed by atoms with E-state index in [-0.39, 0.29) is 6.42 Å². The molecular weight excluding hydrogens is 160 g/mol. The second-order valence-corrected chi connectivity index (χ2v) is 2.95. The zero-order chi connectivity index (χ0) is 9.94. The van der Waals surface area contributed by atoms with Crippen molar-refractivity contribution in [1.82, 2.24) is 0 Å². The number of primary amides is 2. The van der Waals surface area contributed by atoms with E-state index in [9.17, 15) is 14.7 Å².